The molecule has 2 unspecified atom stereocenters. The number of nitrogens with two attached hydrogens (primary N) is 1. The maximum Gasteiger partial charge on any atom is 0.152 e. The topological polar surface area (TPSA) is 54.7 Å². The van der Waals surface area contributed by atoms with Gasteiger partial charge in [0, 0.05) is 5.69 Å². The van der Waals surface area contributed by atoms with Gasteiger partial charge >= 0.3 is 0 Å². The average Bonchev–Trinajstić information content (AvgIpc) is 2.25. The number of allylic oxidation sites excluding steroid dienone is 1. The van der Waals surface area contributed by atoms with Crippen molar-refractivity contribution in [3.8, 4) is 0 Å². The number of aromatic nitrogens is 2. The number of hydrogen-bond acceptors (Lipinski definition) is 3. The lowest BCUT2D eigenvalue weighted by atomic mass is 9.82. The smallest absolute Gasteiger partial charge is 0.152 e. The summed E-state index contributed by atoms with van der Waals surface area (Å²) >= 11 is 5.06. The van der Waals surface area contributed by atoms with Crippen molar-refractivity contribution in [2.24, 2.45) is 17.8 Å². The number of anilines is 1. The molecule has 0 saturated carbocycles. The Labute approximate surface area is 108 Å². The summed E-state index contributed by atoms with van der Waals surface area (Å²) in [4.78, 5) is 7.05. The van der Waals surface area contributed by atoms with Gasteiger partial charge in [-0.15, -0.1) is 6.58 Å². The van der Waals surface area contributed by atoms with E-state index in [1.807, 2.05) is 6.08 Å². The Kier molecular flexibility index (Phi) is 4.87. The predicted molar refractivity (Wildman–Crippen MR) is 75.2 cm³/mol. The largest absolute Gasteiger partial charge is 0.395 e. The van der Waals surface area contributed by atoms with Gasteiger partial charge in [-0.1, -0.05) is 39.1 Å². The highest BCUT2D eigenvalue weighted by molar-refractivity contribution is 7.71. The quantitative estimate of drug-likeness (QED) is 0.623. The Balaban J connectivity index is 2.87. The molecule has 0 amide bonds. The first-order valence-electron chi connectivity index (χ1n) is 5.92. The zero-order valence-electron chi connectivity index (χ0n) is 10.7. The van der Waals surface area contributed by atoms with E-state index in [0.717, 1.165) is 12.1 Å². The number of aromatic amines is 1. The average molecular weight is 251 g/mol. The fourth-order valence-corrected chi connectivity index (χ4v) is 2.41. The first-order chi connectivity index (χ1) is 7.97. The van der Waals surface area contributed by atoms with Crippen LogP contribution in [0.3, 0.4) is 0 Å². The third-order valence-corrected chi connectivity index (χ3v) is 3.53. The summed E-state index contributed by atoms with van der Waals surface area (Å²) in [6, 6.07) is 0. The van der Waals surface area contributed by atoms with Gasteiger partial charge in [0.15, 0.2) is 4.64 Å². The molecule has 0 bridgehead atoms. The van der Waals surface area contributed by atoms with Crippen molar-refractivity contribution in [1.29, 1.82) is 0 Å². The van der Waals surface area contributed by atoms with Gasteiger partial charge in [-0.2, -0.15) is 0 Å². The van der Waals surface area contributed by atoms with Crippen LogP contribution in [0.1, 0.15) is 26.5 Å². The van der Waals surface area contributed by atoms with E-state index >= 15 is 0 Å². The summed E-state index contributed by atoms with van der Waals surface area (Å²) in [7, 11) is 0. The summed E-state index contributed by atoms with van der Waals surface area (Å²) in [6.45, 7) is 10.5. The van der Waals surface area contributed by atoms with Crippen molar-refractivity contribution < 1.29 is 0 Å². The number of H-pyrrole nitrogens is 1. The minimum Gasteiger partial charge on any atom is -0.395 e. The molecule has 0 aliphatic heterocycles. The molecule has 0 aliphatic carbocycles. The van der Waals surface area contributed by atoms with Gasteiger partial charge < -0.3 is 10.7 Å². The van der Waals surface area contributed by atoms with E-state index in [-0.39, 0.29) is 0 Å². The SMILES string of the molecule is C=CC(C(C)C)C(C)Cc1[nH]cnc(=S)c1N. The normalized spacial score (nSPS) is 14.6. The van der Waals surface area contributed by atoms with Crippen LogP contribution in [0.25, 0.3) is 0 Å². The third-order valence-electron chi connectivity index (χ3n) is 3.20. The molecule has 0 aromatic carbocycles. The van der Waals surface area contributed by atoms with Gasteiger partial charge in [0.25, 0.3) is 0 Å². The van der Waals surface area contributed by atoms with Gasteiger partial charge in [-0.05, 0) is 24.2 Å². The first-order valence-corrected chi connectivity index (χ1v) is 6.32. The molecule has 1 aromatic heterocycles. The van der Waals surface area contributed by atoms with Crippen LogP contribution in [-0.4, -0.2) is 9.97 Å². The predicted octanol–water partition coefficient (Wildman–Crippen LogP) is 3.36. The first kappa shape index (κ1) is 13.9. The zero-order valence-corrected chi connectivity index (χ0v) is 11.6. The number of hydrogen-bond donors (Lipinski definition) is 2. The second-order valence-corrected chi connectivity index (χ2v) is 5.23. The van der Waals surface area contributed by atoms with E-state index in [1.54, 1.807) is 6.33 Å². The van der Waals surface area contributed by atoms with Gasteiger partial charge in [0.1, 0.15) is 0 Å². The van der Waals surface area contributed by atoms with Gasteiger partial charge in [0.05, 0.1) is 12.0 Å². The molecule has 1 rings (SSSR count). The minimum atomic E-state index is 0.475. The molecule has 3 nitrogen and oxygen atoms in total. The maximum atomic E-state index is 5.92. The third kappa shape index (κ3) is 3.40. The molecule has 3 N–H and O–H groups in total. The monoisotopic (exact) mass is 251 g/mol. The molecule has 0 saturated heterocycles. The molecular formula is C13H21N3S. The highest BCUT2D eigenvalue weighted by Gasteiger charge is 2.19. The van der Waals surface area contributed by atoms with Crippen molar-refractivity contribution in [3.05, 3.63) is 29.3 Å². The van der Waals surface area contributed by atoms with Crippen LogP contribution in [0.2, 0.25) is 0 Å². The van der Waals surface area contributed by atoms with E-state index in [2.05, 4.69) is 37.3 Å². The number of rotatable bonds is 5. The number of nitrogens with zero attached hydrogens (tertiary/aromatic N) is 1. The van der Waals surface area contributed by atoms with Crippen molar-refractivity contribution >= 4 is 17.9 Å². The molecule has 0 spiro atoms. The lowest BCUT2D eigenvalue weighted by molar-refractivity contribution is 0.331. The van der Waals surface area contributed by atoms with Crippen LogP contribution < -0.4 is 5.73 Å². The molecule has 17 heavy (non-hydrogen) atoms. The summed E-state index contributed by atoms with van der Waals surface area (Å²) in [6.07, 6.45) is 4.51. The summed E-state index contributed by atoms with van der Waals surface area (Å²) in [5.74, 6) is 1.53. The Morgan fingerprint density at radius 2 is 2.18 bits per heavy atom. The van der Waals surface area contributed by atoms with E-state index < -0.39 is 0 Å². The summed E-state index contributed by atoms with van der Waals surface area (Å²) < 4.78 is 0.477. The molecular weight excluding hydrogens is 230 g/mol. The van der Waals surface area contributed by atoms with Gasteiger partial charge in [-0.3, -0.25) is 0 Å². The standard InChI is InChI=1S/C13H21N3S/c1-5-10(8(2)3)9(4)6-11-12(14)13(17)16-7-15-11/h5,7-10H,1,6,14H2,2-4H3,(H,15,16,17). The van der Waals surface area contributed by atoms with Crippen LogP contribution in [-0.2, 0) is 6.42 Å². The van der Waals surface area contributed by atoms with Crippen LogP contribution >= 0.6 is 12.2 Å². The Morgan fingerprint density at radius 3 is 2.71 bits per heavy atom. The summed E-state index contributed by atoms with van der Waals surface area (Å²) in [5, 5.41) is 0. The molecule has 2 atom stereocenters. The molecule has 1 aromatic rings. The van der Waals surface area contributed by atoms with Gasteiger partial charge in [-0.25, -0.2) is 4.98 Å². The van der Waals surface area contributed by atoms with Crippen molar-refractivity contribution in [1.82, 2.24) is 9.97 Å². The highest BCUT2D eigenvalue weighted by Crippen LogP contribution is 2.26. The lowest BCUT2D eigenvalue weighted by Crippen LogP contribution is -2.18. The van der Waals surface area contributed by atoms with Crippen LogP contribution in [0.15, 0.2) is 19.0 Å². The Bertz CT molecular complexity index is 437. The van der Waals surface area contributed by atoms with Crippen LogP contribution in [0.5, 0.6) is 0 Å². The maximum absolute atomic E-state index is 5.92. The Morgan fingerprint density at radius 1 is 1.53 bits per heavy atom. The van der Waals surface area contributed by atoms with Crippen LogP contribution in [0.4, 0.5) is 5.69 Å². The van der Waals surface area contributed by atoms with E-state index in [1.165, 1.54) is 0 Å². The fourth-order valence-electron chi connectivity index (χ4n) is 2.23. The second kappa shape index (κ2) is 5.96. The second-order valence-electron chi connectivity index (χ2n) is 4.84. The zero-order chi connectivity index (χ0) is 13.0. The minimum absolute atomic E-state index is 0.475. The molecule has 0 fully saturated rings. The Hall–Kier alpha value is -1.16. The lowest BCUT2D eigenvalue weighted by Gasteiger charge is -2.24. The number of nitrogen functional groups attached to an aromatic ring is 1. The van der Waals surface area contributed by atoms with E-state index in [9.17, 15) is 0 Å². The highest BCUT2D eigenvalue weighted by atomic mass is 32.1. The molecule has 0 aliphatic rings. The fraction of sp³-hybridized carbons (Fsp3) is 0.538. The van der Waals surface area contributed by atoms with Gasteiger partial charge in [0.2, 0.25) is 0 Å². The molecule has 94 valence electrons. The molecule has 1 heterocycles. The van der Waals surface area contributed by atoms with Crippen molar-refractivity contribution in [2.45, 2.75) is 27.2 Å². The molecule has 4 heteroatoms. The van der Waals surface area contributed by atoms with Crippen LogP contribution in [0, 0.1) is 22.4 Å². The van der Waals surface area contributed by atoms with E-state index in [0.29, 0.717) is 28.1 Å². The summed E-state index contributed by atoms with van der Waals surface area (Å²) in [5.41, 5.74) is 7.50. The van der Waals surface area contributed by atoms with E-state index in [4.69, 9.17) is 18.0 Å². The van der Waals surface area contributed by atoms with Crippen molar-refractivity contribution in [2.75, 3.05) is 5.73 Å². The molecule has 0 radical (unpaired) electrons. The number of nitrogens with one attached hydrogen (secondary N) is 1. The van der Waals surface area contributed by atoms with Crippen molar-refractivity contribution in [3.63, 3.8) is 0 Å².